The van der Waals surface area contributed by atoms with Crippen LogP contribution in [-0.4, -0.2) is 46.3 Å². The molecule has 1 aliphatic heterocycles. The fraction of sp³-hybridized carbons (Fsp3) is 0.381. The summed E-state index contributed by atoms with van der Waals surface area (Å²) in [6.45, 7) is 4.43. The maximum atomic E-state index is 13.2. The van der Waals surface area contributed by atoms with Gasteiger partial charge in [-0.25, -0.2) is 18.2 Å². The van der Waals surface area contributed by atoms with Crippen molar-refractivity contribution in [2.24, 2.45) is 5.92 Å². The van der Waals surface area contributed by atoms with Crippen molar-refractivity contribution in [3.8, 4) is 0 Å². The Morgan fingerprint density at radius 3 is 2.68 bits per heavy atom. The number of aromatic amines is 1. The van der Waals surface area contributed by atoms with E-state index in [1.807, 2.05) is 6.07 Å². The number of rotatable bonds is 5. The van der Waals surface area contributed by atoms with Crippen molar-refractivity contribution in [1.29, 1.82) is 0 Å². The van der Waals surface area contributed by atoms with Gasteiger partial charge < -0.3 is 10.3 Å². The van der Waals surface area contributed by atoms with Crippen molar-refractivity contribution in [2.45, 2.75) is 38.1 Å². The molecule has 1 aliphatic rings. The highest BCUT2D eigenvalue weighted by Gasteiger charge is 2.31. The van der Waals surface area contributed by atoms with Crippen LogP contribution in [0.3, 0.4) is 0 Å². The van der Waals surface area contributed by atoms with Crippen LogP contribution < -0.4 is 11.0 Å². The zero-order chi connectivity index (χ0) is 22.2. The van der Waals surface area contributed by atoms with Crippen LogP contribution in [0, 0.1) is 12.8 Å². The average molecular weight is 444 g/mol. The molecule has 3 heterocycles. The Bertz CT molecular complexity index is 1290. The number of nitrogens with one attached hydrogen (secondary N) is 2. The third kappa shape index (κ3) is 4.26. The zero-order valence-electron chi connectivity index (χ0n) is 17.5. The molecule has 164 valence electrons. The third-order valence-electron chi connectivity index (χ3n) is 5.66. The molecule has 9 nitrogen and oxygen atoms in total. The van der Waals surface area contributed by atoms with E-state index in [9.17, 15) is 18.0 Å². The molecule has 0 saturated carbocycles. The predicted molar refractivity (Wildman–Crippen MR) is 117 cm³/mol. The number of anilines is 1. The summed E-state index contributed by atoms with van der Waals surface area (Å²) in [6, 6.07) is 8.40. The average Bonchev–Trinajstić information content (AvgIpc) is 3.03. The number of piperidine rings is 1. The molecule has 1 aromatic carbocycles. The molecule has 2 aromatic heterocycles. The first-order chi connectivity index (χ1) is 14.8. The van der Waals surface area contributed by atoms with Gasteiger partial charge in [0.1, 0.15) is 0 Å². The van der Waals surface area contributed by atoms with Crippen molar-refractivity contribution in [1.82, 2.24) is 18.8 Å². The van der Waals surface area contributed by atoms with E-state index in [1.54, 1.807) is 42.0 Å². The van der Waals surface area contributed by atoms with Gasteiger partial charge in [0, 0.05) is 38.4 Å². The number of nitrogens with zero attached hydrogens (tertiary/aromatic N) is 3. The predicted octanol–water partition coefficient (Wildman–Crippen LogP) is 2.09. The molecule has 31 heavy (non-hydrogen) atoms. The Hall–Kier alpha value is -2.98. The monoisotopic (exact) mass is 443 g/mol. The van der Waals surface area contributed by atoms with Crippen LogP contribution in [0.25, 0.3) is 11.2 Å². The molecule has 0 aliphatic carbocycles. The van der Waals surface area contributed by atoms with E-state index >= 15 is 0 Å². The number of benzene rings is 1. The van der Waals surface area contributed by atoms with Crippen molar-refractivity contribution in [3.05, 3.63) is 52.6 Å². The fourth-order valence-electron chi connectivity index (χ4n) is 4.11. The van der Waals surface area contributed by atoms with Gasteiger partial charge in [0.15, 0.2) is 5.65 Å². The van der Waals surface area contributed by atoms with Crippen molar-refractivity contribution < 1.29 is 13.2 Å². The summed E-state index contributed by atoms with van der Waals surface area (Å²) < 4.78 is 29.5. The van der Waals surface area contributed by atoms with Crippen LogP contribution in [0.1, 0.15) is 25.3 Å². The lowest BCUT2D eigenvalue weighted by molar-refractivity contribution is -0.114. The molecular weight excluding hydrogens is 418 g/mol. The normalized spacial score (nSPS) is 15.9. The van der Waals surface area contributed by atoms with E-state index in [0.717, 1.165) is 0 Å². The zero-order valence-corrected chi connectivity index (χ0v) is 18.3. The molecule has 2 N–H and O–H groups in total. The Morgan fingerprint density at radius 2 is 2.00 bits per heavy atom. The maximum Gasteiger partial charge on any atom is 0.327 e. The molecule has 0 radical (unpaired) electrons. The van der Waals surface area contributed by atoms with Crippen molar-refractivity contribution >= 4 is 32.8 Å². The van der Waals surface area contributed by atoms with E-state index in [4.69, 9.17) is 0 Å². The Morgan fingerprint density at radius 1 is 1.26 bits per heavy atom. The van der Waals surface area contributed by atoms with Crippen LogP contribution in [0.15, 0.2) is 46.2 Å². The number of sulfonamides is 1. The number of amides is 1. The second-order valence-corrected chi connectivity index (χ2v) is 9.83. The minimum absolute atomic E-state index is 0.188. The summed E-state index contributed by atoms with van der Waals surface area (Å²) in [4.78, 5) is 30.9. The second kappa shape index (κ2) is 8.27. The number of pyridine rings is 1. The van der Waals surface area contributed by atoms with Crippen LogP contribution in [0.5, 0.6) is 0 Å². The van der Waals surface area contributed by atoms with Gasteiger partial charge in [-0.05, 0) is 61.6 Å². The largest absolute Gasteiger partial charge is 0.327 e. The lowest BCUT2D eigenvalue weighted by atomic mass is 9.98. The summed E-state index contributed by atoms with van der Waals surface area (Å²) in [6.07, 6.45) is 2.98. The van der Waals surface area contributed by atoms with Gasteiger partial charge in [-0.3, -0.25) is 9.36 Å². The molecule has 3 aromatic rings. The number of imidazole rings is 1. The number of carbonyl (C=O) groups excluding carboxylic acids is 1. The van der Waals surface area contributed by atoms with Crippen LogP contribution in [-0.2, 0) is 21.4 Å². The Labute approximate surface area is 180 Å². The molecule has 0 spiro atoms. The highest BCUT2D eigenvalue weighted by atomic mass is 32.2. The number of aryl methyl sites for hydroxylation is 1. The molecular formula is C21H25N5O4S. The molecule has 10 heteroatoms. The van der Waals surface area contributed by atoms with Gasteiger partial charge >= 0.3 is 5.69 Å². The summed E-state index contributed by atoms with van der Waals surface area (Å²) in [5, 5.41) is 2.66. The van der Waals surface area contributed by atoms with Crippen LogP contribution in [0.4, 0.5) is 5.69 Å². The Balaban J connectivity index is 1.46. The first-order valence-corrected chi connectivity index (χ1v) is 11.6. The van der Waals surface area contributed by atoms with Gasteiger partial charge in [0.05, 0.1) is 10.4 Å². The van der Waals surface area contributed by atoms with Crippen molar-refractivity contribution in [2.75, 3.05) is 18.4 Å². The van der Waals surface area contributed by atoms with Gasteiger partial charge in [0.25, 0.3) is 0 Å². The number of hydrogen-bond acceptors (Lipinski definition) is 5. The lowest BCUT2D eigenvalue weighted by Crippen LogP contribution is -2.40. The van der Waals surface area contributed by atoms with Crippen LogP contribution in [0.2, 0.25) is 0 Å². The smallest absolute Gasteiger partial charge is 0.326 e. The van der Waals surface area contributed by atoms with Gasteiger partial charge in [-0.2, -0.15) is 4.31 Å². The number of carbonyl (C=O) groups is 1. The Kier molecular flexibility index (Phi) is 5.67. The minimum Gasteiger partial charge on any atom is -0.326 e. The topological polar surface area (TPSA) is 117 Å². The summed E-state index contributed by atoms with van der Waals surface area (Å²) >= 11 is 0. The summed E-state index contributed by atoms with van der Waals surface area (Å²) in [5.74, 6) is -0.0185. The first-order valence-electron chi connectivity index (χ1n) is 10.2. The molecule has 1 saturated heterocycles. The minimum atomic E-state index is -3.63. The molecule has 0 unspecified atom stereocenters. The molecule has 0 bridgehead atoms. The number of H-pyrrole nitrogens is 1. The van der Waals surface area contributed by atoms with E-state index in [-0.39, 0.29) is 22.4 Å². The molecule has 1 amide bonds. The van der Waals surface area contributed by atoms with Crippen LogP contribution >= 0.6 is 0 Å². The SMILES string of the molecule is CC(=O)Nc1ccc(S(=O)(=O)N2CCC(Cn3c(=O)[nH]c4cccnc43)CC2)c(C)c1. The van der Waals surface area contributed by atoms with Gasteiger partial charge in [-0.1, -0.05) is 0 Å². The standard InChI is InChI=1S/C21H25N5O4S/c1-14-12-17(23-15(2)27)5-6-19(14)31(29,30)25-10-7-16(8-11-25)13-26-20-18(24-21(26)28)4-3-9-22-20/h3-6,9,12,16H,7-8,10-11,13H2,1-2H3,(H,23,27)(H,24,28). The number of hydrogen-bond donors (Lipinski definition) is 2. The lowest BCUT2D eigenvalue weighted by Gasteiger charge is -2.31. The highest BCUT2D eigenvalue weighted by molar-refractivity contribution is 7.89. The first kappa shape index (κ1) is 21.3. The van der Waals surface area contributed by atoms with Gasteiger partial charge in [0.2, 0.25) is 15.9 Å². The molecule has 0 atom stereocenters. The molecule has 4 rings (SSSR count). The fourth-order valence-corrected chi connectivity index (χ4v) is 5.78. The number of aromatic nitrogens is 3. The van der Waals surface area contributed by atoms with Crippen molar-refractivity contribution in [3.63, 3.8) is 0 Å². The van der Waals surface area contributed by atoms with Gasteiger partial charge in [-0.15, -0.1) is 0 Å². The summed E-state index contributed by atoms with van der Waals surface area (Å²) in [5.41, 5.74) is 2.28. The number of fused-ring (bicyclic) bond motifs is 1. The quantitative estimate of drug-likeness (QED) is 0.626. The molecule has 1 fully saturated rings. The van der Waals surface area contributed by atoms with E-state index in [2.05, 4.69) is 15.3 Å². The summed E-state index contributed by atoms with van der Waals surface area (Å²) in [7, 11) is -3.63. The highest BCUT2D eigenvalue weighted by Crippen LogP contribution is 2.28. The van der Waals surface area contributed by atoms with E-state index in [0.29, 0.717) is 54.9 Å². The third-order valence-corrected chi connectivity index (χ3v) is 7.72. The van der Waals surface area contributed by atoms with E-state index < -0.39 is 10.0 Å². The van der Waals surface area contributed by atoms with E-state index in [1.165, 1.54) is 11.2 Å². The second-order valence-electron chi connectivity index (χ2n) is 7.92. The maximum absolute atomic E-state index is 13.2.